The standard InChI is InChI=1S/C15H31NO4/c1-5-8-16-15(4,14(17)18)7-6-9-19-10-11-20-12-13(2)3/h13,16H,5-12H2,1-4H3,(H,17,18). The van der Waals surface area contributed by atoms with Crippen LogP contribution in [0.3, 0.4) is 0 Å². The summed E-state index contributed by atoms with van der Waals surface area (Å²) in [6.07, 6.45) is 2.21. The van der Waals surface area contributed by atoms with Crippen LogP contribution in [0.1, 0.15) is 47.0 Å². The summed E-state index contributed by atoms with van der Waals surface area (Å²) in [6.45, 7) is 11.2. The van der Waals surface area contributed by atoms with Gasteiger partial charge in [-0.1, -0.05) is 20.8 Å². The van der Waals surface area contributed by atoms with Gasteiger partial charge in [0, 0.05) is 13.2 Å². The van der Waals surface area contributed by atoms with E-state index in [4.69, 9.17) is 9.47 Å². The van der Waals surface area contributed by atoms with E-state index in [0.717, 1.165) is 19.4 Å². The summed E-state index contributed by atoms with van der Waals surface area (Å²) >= 11 is 0. The molecule has 0 aromatic heterocycles. The fraction of sp³-hybridized carbons (Fsp3) is 0.933. The third-order valence-electron chi connectivity index (χ3n) is 3.03. The zero-order valence-corrected chi connectivity index (χ0v) is 13.4. The van der Waals surface area contributed by atoms with Crippen LogP contribution in [0.4, 0.5) is 0 Å². The third-order valence-corrected chi connectivity index (χ3v) is 3.03. The fourth-order valence-electron chi connectivity index (χ4n) is 1.74. The highest BCUT2D eigenvalue weighted by molar-refractivity contribution is 5.78. The number of nitrogens with one attached hydrogen (secondary N) is 1. The quantitative estimate of drug-likeness (QED) is 0.509. The molecule has 0 radical (unpaired) electrons. The molecule has 0 heterocycles. The van der Waals surface area contributed by atoms with Crippen LogP contribution in [0.2, 0.25) is 0 Å². The van der Waals surface area contributed by atoms with Crippen LogP contribution in [-0.4, -0.2) is 49.6 Å². The van der Waals surface area contributed by atoms with Crippen molar-refractivity contribution >= 4 is 5.97 Å². The van der Waals surface area contributed by atoms with Gasteiger partial charge in [-0.25, -0.2) is 0 Å². The molecule has 0 aromatic carbocycles. The molecule has 5 heteroatoms. The average molecular weight is 289 g/mol. The van der Waals surface area contributed by atoms with E-state index in [1.165, 1.54) is 0 Å². The fourth-order valence-corrected chi connectivity index (χ4v) is 1.74. The topological polar surface area (TPSA) is 67.8 Å². The minimum atomic E-state index is -0.854. The van der Waals surface area contributed by atoms with Crippen molar-refractivity contribution in [1.29, 1.82) is 0 Å². The Morgan fingerprint density at radius 3 is 2.45 bits per heavy atom. The van der Waals surface area contributed by atoms with Gasteiger partial charge >= 0.3 is 5.97 Å². The van der Waals surface area contributed by atoms with Crippen molar-refractivity contribution in [2.45, 2.75) is 52.5 Å². The van der Waals surface area contributed by atoms with E-state index in [1.807, 2.05) is 6.92 Å². The number of ether oxygens (including phenoxy) is 2. The van der Waals surface area contributed by atoms with E-state index < -0.39 is 11.5 Å². The SMILES string of the molecule is CCCNC(C)(CCCOCCOCC(C)C)C(=O)O. The highest BCUT2D eigenvalue weighted by Crippen LogP contribution is 2.13. The van der Waals surface area contributed by atoms with Crippen molar-refractivity contribution in [3.63, 3.8) is 0 Å². The minimum Gasteiger partial charge on any atom is -0.480 e. The lowest BCUT2D eigenvalue weighted by atomic mass is 9.96. The summed E-state index contributed by atoms with van der Waals surface area (Å²) in [5, 5.41) is 12.3. The maximum atomic E-state index is 11.3. The molecule has 120 valence electrons. The summed E-state index contributed by atoms with van der Waals surface area (Å²) in [6, 6.07) is 0. The number of rotatable bonds is 13. The number of hydrogen-bond acceptors (Lipinski definition) is 4. The van der Waals surface area contributed by atoms with E-state index in [2.05, 4.69) is 19.2 Å². The lowest BCUT2D eigenvalue weighted by Crippen LogP contribution is -2.49. The van der Waals surface area contributed by atoms with E-state index in [0.29, 0.717) is 38.7 Å². The van der Waals surface area contributed by atoms with E-state index >= 15 is 0 Å². The Balaban J connectivity index is 3.66. The summed E-state index contributed by atoms with van der Waals surface area (Å²) in [7, 11) is 0. The summed E-state index contributed by atoms with van der Waals surface area (Å²) in [5.74, 6) is -0.262. The van der Waals surface area contributed by atoms with Crippen LogP contribution < -0.4 is 5.32 Å². The number of aliphatic carboxylic acids is 1. The Hall–Kier alpha value is -0.650. The average Bonchev–Trinajstić information content (AvgIpc) is 2.39. The molecule has 0 aromatic rings. The van der Waals surface area contributed by atoms with Gasteiger partial charge in [-0.15, -0.1) is 0 Å². The highest BCUT2D eigenvalue weighted by Gasteiger charge is 2.31. The predicted molar refractivity (Wildman–Crippen MR) is 80.0 cm³/mol. The minimum absolute atomic E-state index is 0.538. The molecule has 0 saturated carbocycles. The second-order valence-corrected chi connectivity index (χ2v) is 5.75. The van der Waals surface area contributed by atoms with Gasteiger partial charge < -0.3 is 19.9 Å². The van der Waals surface area contributed by atoms with Crippen molar-refractivity contribution in [2.24, 2.45) is 5.92 Å². The van der Waals surface area contributed by atoms with Crippen LogP contribution in [0, 0.1) is 5.92 Å². The molecule has 0 aliphatic heterocycles. The van der Waals surface area contributed by atoms with E-state index in [1.54, 1.807) is 6.92 Å². The molecule has 0 saturated heterocycles. The molecule has 1 atom stereocenters. The first kappa shape index (κ1) is 19.4. The number of hydrogen-bond donors (Lipinski definition) is 2. The molecule has 2 N–H and O–H groups in total. The maximum absolute atomic E-state index is 11.3. The highest BCUT2D eigenvalue weighted by atomic mass is 16.5. The maximum Gasteiger partial charge on any atom is 0.323 e. The van der Waals surface area contributed by atoms with Gasteiger partial charge in [0.2, 0.25) is 0 Å². The van der Waals surface area contributed by atoms with Crippen LogP contribution >= 0.6 is 0 Å². The van der Waals surface area contributed by atoms with Crippen LogP contribution in [0.25, 0.3) is 0 Å². The Morgan fingerprint density at radius 2 is 1.90 bits per heavy atom. The molecular weight excluding hydrogens is 258 g/mol. The zero-order valence-electron chi connectivity index (χ0n) is 13.4. The first-order valence-corrected chi connectivity index (χ1v) is 7.56. The third kappa shape index (κ3) is 9.28. The monoisotopic (exact) mass is 289 g/mol. The molecule has 0 aliphatic carbocycles. The van der Waals surface area contributed by atoms with Gasteiger partial charge in [0.25, 0.3) is 0 Å². The largest absolute Gasteiger partial charge is 0.480 e. The molecule has 0 aliphatic rings. The first-order chi connectivity index (χ1) is 9.42. The molecule has 0 spiro atoms. The van der Waals surface area contributed by atoms with Gasteiger partial charge in [-0.05, 0) is 38.6 Å². The van der Waals surface area contributed by atoms with E-state index in [-0.39, 0.29) is 0 Å². The van der Waals surface area contributed by atoms with E-state index in [9.17, 15) is 9.90 Å². The van der Waals surface area contributed by atoms with Crippen LogP contribution in [0.15, 0.2) is 0 Å². The summed E-state index contributed by atoms with van der Waals surface area (Å²) in [5.41, 5.74) is -0.854. The van der Waals surface area contributed by atoms with Gasteiger partial charge in [0.1, 0.15) is 5.54 Å². The van der Waals surface area contributed by atoms with Crippen molar-refractivity contribution < 1.29 is 19.4 Å². The van der Waals surface area contributed by atoms with Crippen molar-refractivity contribution in [3.8, 4) is 0 Å². The van der Waals surface area contributed by atoms with Gasteiger partial charge in [0.15, 0.2) is 0 Å². The normalized spacial score (nSPS) is 14.4. The molecule has 20 heavy (non-hydrogen) atoms. The number of carboxylic acid groups (broad SMARTS) is 1. The first-order valence-electron chi connectivity index (χ1n) is 7.56. The lowest BCUT2D eigenvalue weighted by Gasteiger charge is -2.26. The Labute approximate surface area is 123 Å². The molecule has 0 fully saturated rings. The molecule has 0 rings (SSSR count). The zero-order chi connectivity index (χ0) is 15.4. The lowest BCUT2D eigenvalue weighted by molar-refractivity contribution is -0.144. The second-order valence-electron chi connectivity index (χ2n) is 5.75. The van der Waals surface area contributed by atoms with Crippen LogP contribution in [0.5, 0.6) is 0 Å². The Bertz CT molecular complexity index is 258. The summed E-state index contributed by atoms with van der Waals surface area (Å²) < 4.78 is 10.9. The Morgan fingerprint density at radius 1 is 1.25 bits per heavy atom. The second kappa shape index (κ2) is 11.1. The molecule has 5 nitrogen and oxygen atoms in total. The smallest absolute Gasteiger partial charge is 0.323 e. The van der Waals surface area contributed by atoms with Crippen molar-refractivity contribution in [3.05, 3.63) is 0 Å². The van der Waals surface area contributed by atoms with Crippen molar-refractivity contribution in [1.82, 2.24) is 5.32 Å². The predicted octanol–water partition coefficient (Wildman–Crippen LogP) is 2.30. The Kier molecular flexibility index (Phi) is 10.7. The van der Waals surface area contributed by atoms with Gasteiger partial charge in [-0.2, -0.15) is 0 Å². The molecule has 1 unspecified atom stereocenters. The number of carboxylic acids is 1. The molecule has 0 bridgehead atoms. The summed E-state index contributed by atoms with van der Waals surface area (Å²) in [4.78, 5) is 11.3. The molecule has 0 amide bonds. The van der Waals surface area contributed by atoms with Crippen molar-refractivity contribution in [2.75, 3.05) is 33.0 Å². The van der Waals surface area contributed by atoms with Crippen LogP contribution in [-0.2, 0) is 14.3 Å². The molecular formula is C15H31NO4. The number of carbonyl (C=O) groups is 1. The van der Waals surface area contributed by atoms with Gasteiger partial charge in [0.05, 0.1) is 13.2 Å². The van der Waals surface area contributed by atoms with Gasteiger partial charge in [-0.3, -0.25) is 4.79 Å².